The van der Waals surface area contributed by atoms with Crippen LogP contribution in [0.4, 0.5) is 0 Å². The monoisotopic (exact) mass is 284 g/mol. The van der Waals surface area contributed by atoms with E-state index in [9.17, 15) is 0 Å². The lowest BCUT2D eigenvalue weighted by Crippen LogP contribution is -2.28. The van der Waals surface area contributed by atoms with Gasteiger partial charge in [0.1, 0.15) is 0 Å². The summed E-state index contributed by atoms with van der Waals surface area (Å²) in [4.78, 5) is 5.15. The Kier molecular flexibility index (Phi) is 13.8. The molecule has 2 nitrogen and oxygen atoms in total. The fourth-order valence-corrected chi connectivity index (χ4v) is 2.93. The molecule has 0 spiro atoms. The molecule has 0 unspecified atom stereocenters. The molecule has 0 aromatic carbocycles. The maximum Gasteiger partial charge on any atom is -0.00163 e. The fraction of sp³-hybridized carbons (Fsp3) is 1.00. The van der Waals surface area contributed by atoms with Crippen LogP contribution in [-0.4, -0.2) is 49.1 Å². The van der Waals surface area contributed by atoms with Gasteiger partial charge in [-0.1, -0.05) is 60.3 Å². The predicted octanol–water partition coefficient (Wildman–Crippen LogP) is 4.65. The Morgan fingerprint density at radius 1 is 0.600 bits per heavy atom. The van der Waals surface area contributed by atoms with Gasteiger partial charge in [0.15, 0.2) is 0 Å². The molecule has 0 aliphatic rings. The maximum absolute atomic E-state index is 2.57. The van der Waals surface area contributed by atoms with Gasteiger partial charge in [0, 0.05) is 0 Å². The summed E-state index contributed by atoms with van der Waals surface area (Å²) < 4.78 is 0. The molecular formula is C18H40N2. The van der Waals surface area contributed by atoms with E-state index < -0.39 is 0 Å². The number of unbranched alkanes of at least 4 members (excludes halogenated alkanes) is 2. The quantitative estimate of drug-likeness (QED) is 0.429. The van der Waals surface area contributed by atoms with E-state index in [-0.39, 0.29) is 0 Å². The zero-order valence-corrected chi connectivity index (χ0v) is 15.0. The molecule has 0 atom stereocenters. The Hall–Kier alpha value is -0.0800. The molecule has 0 rings (SSSR count). The third-order valence-electron chi connectivity index (χ3n) is 4.71. The molecule has 0 bridgehead atoms. The number of hydrogen-bond donors (Lipinski definition) is 0. The molecule has 0 N–H and O–H groups in total. The minimum absolute atomic E-state index is 0.933. The van der Waals surface area contributed by atoms with E-state index in [1.807, 2.05) is 0 Å². The molecule has 122 valence electrons. The van der Waals surface area contributed by atoms with Gasteiger partial charge in [-0.25, -0.2) is 0 Å². The molecule has 0 amide bonds. The molecule has 20 heavy (non-hydrogen) atoms. The summed E-state index contributed by atoms with van der Waals surface area (Å²) in [7, 11) is 0. The van der Waals surface area contributed by atoms with Gasteiger partial charge in [0.25, 0.3) is 0 Å². The molecule has 0 heterocycles. The maximum atomic E-state index is 2.57. The van der Waals surface area contributed by atoms with Crippen molar-refractivity contribution in [1.29, 1.82) is 0 Å². The lowest BCUT2D eigenvalue weighted by atomic mass is 9.94. The third-order valence-corrected chi connectivity index (χ3v) is 4.71. The Morgan fingerprint density at radius 2 is 1.05 bits per heavy atom. The Labute approximate surface area is 128 Å². The smallest absolute Gasteiger partial charge is 0.00163 e. The largest absolute Gasteiger partial charge is 0.304 e. The van der Waals surface area contributed by atoms with E-state index in [2.05, 4.69) is 44.4 Å². The van der Waals surface area contributed by atoms with Crippen LogP contribution < -0.4 is 0 Å². The van der Waals surface area contributed by atoms with E-state index in [4.69, 9.17) is 0 Å². The lowest BCUT2D eigenvalue weighted by molar-refractivity contribution is 0.233. The summed E-state index contributed by atoms with van der Waals surface area (Å²) in [6, 6.07) is 0. The van der Waals surface area contributed by atoms with Crippen molar-refractivity contribution in [3.05, 3.63) is 0 Å². The highest BCUT2D eigenvalue weighted by atomic mass is 15.1. The van der Waals surface area contributed by atoms with E-state index in [0.29, 0.717) is 0 Å². The van der Waals surface area contributed by atoms with Crippen molar-refractivity contribution in [2.24, 2.45) is 5.92 Å². The predicted molar refractivity (Wildman–Crippen MR) is 92.4 cm³/mol. The van der Waals surface area contributed by atoms with Crippen LogP contribution in [0.25, 0.3) is 0 Å². The highest BCUT2D eigenvalue weighted by molar-refractivity contribution is 4.66. The van der Waals surface area contributed by atoms with Crippen LogP contribution >= 0.6 is 0 Å². The van der Waals surface area contributed by atoms with Gasteiger partial charge in [0.05, 0.1) is 0 Å². The molecule has 0 saturated heterocycles. The first-order chi connectivity index (χ1) is 9.71. The second-order valence-corrected chi connectivity index (χ2v) is 5.99. The Bertz CT molecular complexity index is 170. The van der Waals surface area contributed by atoms with Crippen LogP contribution in [-0.2, 0) is 0 Å². The summed E-state index contributed by atoms with van der Waals surface area (Å²) >= 11 is 0. The topological polar surface area (TPSA) is 6.48 Å². The number of rotatable bonds is 14. The second-order valence-electron chi connectivity index (χ2n) is 5.99. The fourth-order valence-electron chi connectivity index (χ4n) is 2.93. The van der Waals surface area contributed by atoms with Crippen molar-refractivity contribution in [2.45, 2.75) is 73.1 Å². The van der Waals surface area contributed by atoms with Crippen molar-refractivity contribution >= 4 is 0 Å². The average Bonchev–Trinajstić information content (AvgIpc) is 2.48. The molecule has 2 heteroatoms. The van der Waals surface area contributed by atoms with Crippen molar-refractivity contribution < 1.29 is 0 Å². The molecule has 0 aliphatic heterocycles. The lowest BCUT2D eigenvalue weighted by Gasteiger charge is -2.25. The van der Waals surface area contributed by atoms with Crippen LogP contribution in [0.15, 0.2) is 0 Å². The highest BCUT2D eigenvalue weighted by Crippen LogP contribution is 2.19. The van der Waals surface area contributed by atoms with Crippen LogP contribution in [0.1, 0.15) is 73.1 Å². The normalized spacial score (nSPS) is 12.0. The molecule has 0 saturated carbocycles. The van der Waals surface area contributed by atoms with E-state index in [1.54, 1.807) is 0 Å². The van der Waals surface area contributed by atoms with Gasteiger partial charge >= 0.3 is 0 Å². The average molecular weight is 285 g/mol. The molecule has 0 aromatic heterocycles. The second kappa shape index (κ2) is 13.9. The third kappa shape index (κ3) is 9.77. The Balaban J connectivity index is 4.11. The van der Waals surface area contributed by atoms with Crippen molar-refractivity contribution in [3.63, 3.8) is 0 Å². The molecule has 0 fully saturated rings. The summed E-state index contributed by atoms with van der Waals surface area (Å²) in [6.45, 7) is 18.8. The first-order valence-corrected chi connectivity index (χ1v) is 9.16. The van der Waals surface area contributed by atoms with Gasteiger partial charge in [0.2, 0.25) is 0 Å². The van der Waals surface area contributed by atoms with Crippen LogP contribution in [0, 0.1) is 5.92 Å². The van der Waals surface area contributed by atoms with E-state index in [1.165, 1.54) is 77.8 Å². The van der Waals surface area contributed by atoms with Crippen LogP contribution in [0.3, 0.4) is 0 Å². The van der Waals surface area contributed by atoms with Gasteiger partial charge < -0.3 is 9.80 Å². The van der Waals surface area contributed by atoms with Gasteiger partial charge in [-0.05, 0) is 58.0 Å². The molecule has 0 aromatic rings. The summed E-state index contributed by atoms with van der Waals surface area (Å²) in [6.07, 6.45) is 8.42. The van der Waals surface area contributed by atoms with Crippen molar-refractivity contribution in [1.82, 2.24) is 9.80 Å². The number of nitrogens with zero attached hydrogens (tertiary/aromatic N) is 2. The number of hydrogen-bond acceptors (Lipinski definition) is 2. The highest BCUT2D eigenvalue weighted by Gasteiger charge is 2.12. The van der Waals surface area contributed by atoms with Crippen LogP contribution in [0.2, 0.25) is 0 Å². The zero-order chi connectivity index (χ0) is 15.2. The van der Waals surface area contributed by atoms with Crippen LogP contribution in [0.5, 0.6) is 0 Å². The summed E-state index contributed by atoms with van der Waals surface area (Å²) in [5.74, 6) is 0.933. The molecular weight excluding hydrogens is 244 g/mol. The van der Waals surface area contributed by atoms with Crippen molar-refractivity contribution in [3.8, 4) is 0 Å². The molecule has 0 aliphatic carbocycles. The minimum atomic E-state index is 0.933. The zero-order valence-electron chi connectivity index (χ0n) is 15.0. The van der Waals surface area contributed by atoms with Gasteiger partial charge in [-0.3, -0.25) is 0 Å². The minimum Gasteiger partial charge on any atom is -0.304 e. The first kappa shape index (κ1) is 19.9. The Morgan fingerprint density at radius 3 is 1.40 bits per heavy atom. The SMILES string of the molecule is CCCCCC(CCN(CC)CC)CCN(CC)CC. The van der Waals surface area contributed by atoms with E-state index >= 15 is 0 Å². The summed E-state index contributed by atoms with van der Waals surface area (Å²) in [5, 5.41) is 0. The van der Waals surface area contributed by atoms with Gasteiger partial charge in [-0.2, -0.15) is 0 Å². The summed E-state index contributed by atoms with van der Waals surface area (Å²) in [5.41, 5.74) is 0. The molecule has 0 radical (unpaired) electrons. The van der Waals surface area contributed by atoms with E-state index in [0.717, 1.165) is 5.92 Å². The van der Waals surface area contributed by atoms with Gasteiger partial charge in [-0.15, -0.1) is 0 Å². The standard InChI is InChI=1S/C18H40N2/c1-6-11-12-13-18(14-16-19(7-2)8-3)15-17-20(9-4)10-5/h18H,6-17H2,1-5H3. The van der Waals surface area contributed by atoms with Crippen molar-refractivity contribution in [2.75, 3.05) is 39.3 Å². The first-order valence-electron chi connectivity index (χ1n) is 9.16.